The van der Waals surface area contributed by atoms with Crippen LogP contribution in [0.5, 0.6) is 0 Å². The van der Waals surface area contributed by atoms with Gasteiger partial charge >= 0.3 is 6.18 Å². The van der Waals surface area contributed by atoms with Crippen LogP contribution in [0.1, 0.15) is 50.2 Å². The van der Waals surface area contributed by atoms with Gasteiger partial charge in [-0.2, -0.15) is 13.2 Å². The molecule has 0 saturated carbocycles. The van der Waals surface area contributed by atoms with E-state index in [9.17, 15) is 18.0 Å². The summed E-state index contributed by atoms with van der Waals surface area (Å²) < 4.78 is 40.8. The zero-order valence-corrected chi connectivity index (χ0v) is 16.5. The molecule has 0 saturated heterocycles. The zero-order chi connectivity index (χ0) is 21.2. The van der Waals surface area contributed by atoms with Crippen molar-refractivity contribution in [3.05, 3.63) is 65.6 Å². The van der Waals surface area contributed by atoms with Crippen LogP contribution in [0, 0.1) is 5.41 Å². The number of aryl methyl sites for hydroxylation is 1. The fourth-order valence-electron chi connectivity index (χ4n) is 2.91. The van der Waals surface area contributed by atoms with Crippen molar-refractivity contribution in [2.75, 3.05) is 0 Å². The first kappa shape index (κ1) is 20.8. The molecule has 0 radical (unpaired) electrons. The van der Waals surface area contributed by atoms with E-state index in [4.69, 9.17) is 0 Å². The summed E-state index contributed by atoms with van der Waals surface area (Å²) in [7, 11) is 0. The number of pyridine rings is 1. The van der Waals surface area contributed by atoms with Gasteiger partial charge in [-0.3, -0.25) is 9.20 Å². The number of benzene rings is 1. The Kier molecular flexibility index (Phi) is 5.64. The number of hydrogen-bond donors (Lipinski definition) is 1. The number of fused-ring (bicyclic) bond motifs is 1. The Bertz CT molecular complexity index is 991. The lowest BCUT2D eigenvalue weighted by molar-refractivity contribution is -0.138. The van der Waals surface area contributed by atoms with Crippen LogP contribution >= 0.6 is 0 Å². The molecule has 0 unspecified atom stereocenters. The Morgan fingerprint density at radius 1 is 1.07 bits per heavy atom. The van der Waals surface area contributed by atoms with Crippen LogP contribution in [-0.2, 0) is 17.4 Å². The van der Waals surface area contributed by atoms with E-state index < -0.39 is 23.2 Å². The van der Waals surface area contributed by atoms with E-state index >= 15 is 0 Å². The molecule has 0 aliphatic heterocycles. The van der Waals surface area contributed by atoms with Gasteiger partial charge in [0.2, 0.25) is 5.91 Å². The molecule has 2 heterocycles. The van der Waals surface area contributed by atoms with Gasteiger partial charge in [0.25, 0.3) is 0 Å². The molecule has 0 fully saturated rings. The van der Waals surface area contributed by atoms with Gasteiger partial charge in [-0.25, -0.2) is 0 Å². The summed E-state index contributed by atoms with van der Waals surface area (Å²) in [5.74, 6) is 0.0684. The molecular weight excluding hydrogens is 381 g/mol. The summed E-state index contributed by atoms with van der Waals surface area (Å²) >= 11 is 0. The van der Waals surface area contributed by atoms with Gasteiger partial charge in [-0.15, -0.1) is 10.2 Å². The fraction of sp³-hybridized carbons (Fsp3) is 0.381. The molecule has 1 atom stereocenters. The van der Waals surface area contributed by atoms with Crippen LogP contribution in [0.4, 0.5) is 13.2 Å². The number of nitrogens with one attached hydrogen (secondary N) is 1. The lowest BCUT2D eigenvalue weighted by Gasteiger charge is -2.23. The molecule has 8 heteroatoms. The highest BCUT2D eigenvalue weighted by molar-refractivity contribution is 5.81. The molecule has 3 aromatic rings. The summed E-state index contributed by atoms with van der Waals surface area (Å²) in [5, 5.41) is 11.0. The molecule has 2 aromatic heterocycles. The van der Waals surface area contributed by atoms with Crippen molar-refractivity contribution in [3.8, 4) is 0 Å². The topological polar surface area (TPSA) is 59.3 Å². The van der Waals surface area contributed by atoms with E-state index in [0.29, 0.717) is 18.5 Å². The van der Waals surface area contributed by atoms with Crippen LogP contribution in [0.25, 0.3) is 5.65 Å². The van der Waals surface area contributed by atoms with Crippen LogP contribution in [-0.4, -0.2) is 20.5 Å². The van der Waals surface area contributed by atoms with E-state index in [1.54, 1.807) is 20.8 Å². The highest BCUT2D eigenvalue weighted by Gasteiger charge is 2.32. The summed E-state index contributed by atoms with van der Waals surface area (Å²) in [5.41, 5.74) is -0.0900. The predicted octanol–water partition coefficient (Wildman–Crippen LogP) is 4.58. The number of nitrogens with zero attached hydrogens (tertiary/aromatic N) is 3. The van der Waals surface area contributed by atoms with Crippen LogP contribution in [0.2, 0.25) is 0 Å². The van der Waals surface area contributed by atoms with Gasteiger partial charge in [0.15, 0.2) is 11.5 Å². The van der Waals surface area contributed by atoms with Crippen molar-refractivity contribution in [2.24, 2.45) is 5.41 Å². The molecule has 1 amide bonds. The minimum absolute atomic E-state index is 0.209. The van der Waals surface area contributed by atoms with Crippen molar-refractivity contribution in [3.63, 3.8) is 0 Å². The van der Waals surface area contributed by atoms with Gasteiger partial charge < -0.3 is 5.32 Å². The van der Waals surface area contributed by atoms with Gasteiger partial charge in [0.1, 0.15) is 0 Å². The third-order valence-electron chi connectivity index (χ3n) is 4.62. The molecule has 1 N–H and O–H groups in total. The van der Waals surface area contributed by atoms with E-state index in [-0.39, 0.29) is 11.7 Å². The molecule has 5 nitrogen and oxygen atoms in total. The second-order valence-corrected chi connectivity index (χ2v) is 8.00. The summed E-state index contributed by atoms with van der Waals surface area (Å²) in [6, 6.07) is 11.3. The van der Waals surface area contributed by atoms with Gasteiger partial charge in [-0.1, -0.05) is 51.1 Å². The second kappa shape index (κ2) is 7.85. The van der Waals surface area contributed by atoms with E-state index in [0.717, 1.165) is 17.8 Å². The maximum absolute atomic E-state index is 13.2. The lowest BCUT2D eigenvalue weighted by Crippen LogP contribution is -2.38. The lowest BCUT2D eigenvalue weighted by atomic mass is 9.94. The Labute approximate surface area is 167 Å². The molecule has 0 aliphatic rings. The van der Waals surface area contributed by atoms with Crippen LogP contribution in [0.15, 0.2) is 48.7 Å². The zero-order valence-electron chi connectivity index (χ0n) is 16.5. The largest absolute Gasteiger partial charge is 0.417 e. The number of carbonyl (C=O) groups excluding carboxylic acids is 1. The molecule has 0 bridgehead atoms. The number of amides is 1. The first-order chi connectivity index (χ1) is 13.6. The predicted molar refractivity (Wildman–Crippen MR) is 103 cm³/mol. The number of rotatable bonds is 5. The number of alkyl halides is 3. The van der Waals surface area contributed by atoms with Crippen molar-refractivity contribution in [1.29, 1.82) is 0 Å². The molecule has 0 spiro atoms. The summed E-state index contributed by atoms with van der Waals surface area (Å²) in [6.45, 7) is 5.33. The molecule has 0 aliphatic carbocycles. The third kappa shape index (κ3) is 4.93. The average molecular weight is 404 g/mol. The molecule has 154 valence electrons. The van der Waals surface area contributed by atoms with Crippen molar-refractivity contribution in [1.82, 2.24) is 19.9 Å². The molecule has 3 rings (SSSR count). The van der Waals surface area contributed by atoms with Crippen molar-refractivity contribution < 1.29 is 18.0 Å². The summed E-state index contributed by atoms with van der Waals surface area (Å²) in [4.78, 5) is 12.6. The Balaban J connectivity index is 1.97. The van der Waals surface area contributed by atoms with Gasteiger partial charge in [-0.05, 0) is 30.5 Å². The minimum atomic E-state index is -4.48. The molecule has 1 aromatic carbocycles. The molecular formula is C21H23F3N4O. The Morgan fingerprint density at radius 3 is 2.38 bits per heavy atom. The highest BCUT2D eigenvalue weighted by Crippen LogP contribution is 2.30. The van der Waals surface area contributed by atoms with Gasteiger partial charge in [0, 0.05) is 11.6 Å². The first-order valence-corrected chi connectivity index (χ1v) is 9.32. The van der Waals surface area contributed by atoms with E-state index in [1.807, 2.05) is 30.3 Å². The van der Waals surface area contributed by atoms with Gasteiger partial charge in [0.05, 0.1) is 11.6 Å². The maximum Gasteiger partial charge on any atom is 0.417 e. The fourth-order valence-corrected chi connectivity index (χ4v) is 2.91. The van der Waals surface area contributed by atoms with Crippen LogP contribution in [0.3, 0.4) is 0 Å². The highest BCUT2D eigenvalue weighted by atomic mass is 19.4. The first-order valence-electron chi connectivity index (χ1n) is 9.32. The van der Waals surface area contributed by atoms with Crippen molar-refractivity contribution in [2.45, 2.75) is 45.8 Å². The smallest absolute Gasteiger partial charge is 0.346 e. The quantitative estimate of drug-likeness (QED) is 0.677. The standard InChI is InChI=1S/C21H23F3N4O/c1-20(2,3)19(29)25-16(11-9-14-7-5-4-6-8-14)18-27-26-17-12-10-15(13-28(17)18)21(22,23)24/h4-8,10,12-13,16H,9,11H2,1-3H3,(H,25,29)/t16-/m1/s1. The average Bonchev–Trinajstić information content (AvgIpc) is 3.07. The number of hydrogen-bond acceptors (Lipinski definition) is 3. The number of aromatic nitrogens is 3. The van der Waals surface area contributed by atoms with E-state index in [2.05, 4.69) is 15.5 Å². The Morgan fingerprint density at radius 2 is 1.76 bits per heavy atom. The second-order valence-electron chi connectivity index (χ2n) is 8.00. The number of halogens is 3. The Hall–Kier alpha value is -2.90. The summed E-state index contributed by atoms with van der Waals surface area (Å²) in [6.07, 6.45) is -2.40. The maximum atomic E-state index is 13.2. The minimum Gasteiger partial charge on any atom is -0.346 e. The van der Waals surface area contributed by atoms with Crippen LogP contribution < -0.4 is 5.32 Å². The van der Waals surface area contributed by atoms with Crippen molar-refractivity contribution >= 4 is 11.6 Å². The number of carbonyl (C=O) groups is 1. The third-order valence-corrected chi connectivity index (χ3v) is 4.62. The molecule has 29 heavy (non-hydrogen) atoms. The normalized spacial score (nSPS) is 13.4. The van der Waals surface area contributed by atoms with E-state index in [1.165, 1.54) is 10.5 Å². The SMILES string of the molecule is CC(C)(C)C(=O)N[C@H](CCc1ccccc1)c1nnc2ccc(C(F)(F)F)cn12. The monoisotopic (exact) mass is 404 g/mol.